The van der Waals surface area contributed by atoms with Crippen molar-refractivity contribution in [1.82, 2.24) is 14.5 Å². The van der Waals surface area contributed by atoms with Crippen LogP contribution in [0.4, 0.5) is 4.79 Å². The number of aryl methyl sites for hydroxylation is 2. The molecule has 1 fully saturated rings. The predicted octanol–water partition coefficient (Wildman–Crippen LogP) is 4.62. The van der Waals surface area contributed by atoms with Crippen LogP contribution in [0.15, 0.2) is 42.7 Å². The molecule has 0 radical (unpaired) electrons. The number of rotatable bonds is 7. The van der Waals surface area contributed by atoms with Crippen LogP contribution in [0, 0.1) is 0 Å². The highest BCUT2D eigenvalue weighted by atomic mass is 16.5. The summed E-state index contributed by atoms with van der Waals surface area (Å²) < 4.78 is 24.1. The average molecular weight is 478 g/mol. The maximum atomic E-state index is 13.6. The Balaban J connectivity index is 1.56. The molecule has 35 heavy (non-hydrogen) atoms. The van der Waals surface area contributed by atoms with Crippen molar-refractivity contribution < 1.29 is 23.7 Å². The van der Waals surface area contributed by atoms with Crippen LogP contribution in [-0.4, -0.2) is 67.6 Å². The number of benzene rings is 2. The lowest BCUT2D eigenvalue weighted by atomic mass is 10.0. The molecule has 4 aromatic rings. The maximum Gasteiger partial charge on any atom is 0.328 e. The van der Waals surface area contributed by atoms with E-state index in [1.807, 2.05) is 48.5 Å². The lowest BCUT2D eigenvalue weighted by Crippen LogP contribution is -2.43. The van der Waals surface area contributed by atoms with E-state index in [0.717, 1.165) is 39.5 Å². The second kappa shape index (κ2) is 9.92. The van der Waals surface area contributed by atoms with Gasteiger partial charge in [-0.05, 0) is 55.7 Å². The average Bonchev–Trinajstić information content (AvgIpc) is 3.47. The van der Waals surface area contributed by atoms with E-state index in [9.17, 15) is 4.79 Å². The number of ether oxygens (including phenoxy) is 4. The van der Waals surface area contributed by atoms with Crippen molar-refractivity contribution in [1.29, 1.82) is 0 Å². The Bertz CT molecular complexity index is 1350. The summed E-state index contributed by atoms with van der Waals surface area (Å²) in [5, 5.41) is 3.07. The summed E-state index contributed by atoms with van der Waals surface area (Å²) in [4.78, 5) is 18.8. The minimum atomic E-state index is -0.0305. The van der Waals surface area contributed by atoms with Crippen LogP contribution in [0.1, 0.15) is 18.2 Å². The Kier molecular flexibility index (Phi) is 6.55. The first-order chi connectivity index (χ1) is 17.1. The SMILES string of the molecule is CCOc1cc2c(CCc3c[nH]c4ccc(OC)cc34)n(C(=O)N3CCOCC3)cc2cc1OC. The van der Waals surface area contributed by atoms with E-state index in [1.54, 1.807) is 18.8 Å². The van der Waals surface area contributed by atoms with Crippen LogP contribution in [0.2, 0.25) is 0 Å². The quantitative estimate of drug-likeness (QED) is 0.420. The second-order valence-corrected chi connectivity index (χ2v) is 8.58. The molecule has 8 nitrogen and oxygen atoms in total. The van der Waals surface area contributed by atoms with Gasteiger partial charge in [-0.25, -0.2) is 4.79 Å². The summed E-state index contributed by atoms with van der Waals surface area (Å²) in [7, 11) is 3.31. The summed E-state index contributed by atoms with van der Waals surface area (Å²) in [6.45, 7) is 4.76. The first-order valence-electron chi connectivity index (χ1n) is 12.0. The van der Waals surface area contributed by atoms with Gasteiger partial charge in [-0.15, -0.1) is 0 Å². The zero-order valence-electron chi connectivity index (χ0n) is 20.4. The molecule has 8 heteroatoms. The molecule has 0 saturated carbocycles. The molecule has 1 aliphatic rings. The van der Waals surface area contributed by atoms with Crippen molar-refractivity contribution >= 4 is 27.7 Å². The fourth-order valence-corrected chi connectivity index (χ4v) is 4.78. The van der Waals surface area contributed by atoms with Crippen LogP contribution in [0.25, 0.3) is 21.7 Å². The number of aromatic amines is 1. The van der Waals surface area contributed by atoms with Crippen molar-refractivity contribution in [3.8, 4) is 17.2 Å². The smallest absolute Gasteiger partial charge is 0.328 e. The van der Waals surface area contributed by atoms with Crippen LogP contribution in [0.3, 0.4) is 0 Å². The molecule has 184 valence electrons. The van der Waals surface area contributed by atoms with Gasteiger partial charge in [-0.2, -0.15) is 0 Å². The highest BCUT2D eigenvalue weighted by Gasteiger charge is 2.23. The van der Waals surface area contributed by atoms with Gasteiger partial charge < -0.3 is 28.8 Å². The number of fused-ring (bicyclic) bond motifs is 2. The standard InChI is InChI=1S/C27H31N3O5/c1-4-35-26-15-22-19(13-25(26)33-3)17-30(27(31)29-9-11-34-12-10-29)24(22)8-5-18-16-28-23-7-6-20(32-2)14-21(18)23/h6-7,13-17,28H,4-5,8-12H2,1-3H3. The number of nitrogens with one attached hydrogen (secondary N) is 1. The van der Waals surface area contributed by atoms with Crippen LogP contribution in [-0.2, 0) is 17.6 Å². The summed E-state index contributed by atoms with van der Waals surface area (Å²) in [5.74, 6) is 2.16. The van der Waals surface area contributed by atoms with Gasteiger partial charge >= 0.3 is 6.03 Å². The van der Waals surface area contributed by atoms with Crippen LogP contribution >= 0.6 is 0 Å². The first-order valence-corrected chi connectivity index (χ1v) is 12.0. The van der Waals surface area contributed by atoms with Gasteiger partial charge in [0.2, 0.25) is 0 Å². The van der Waals surface area contributed by atoms with Crippen molar-refractivity contribution in [2.75, 3.05) is 47.1 Å². The maximum absolute atomic E-state index is 13.6. The molecule has 1 aliphatic heterocycles. The number of methoxy groups -OCH3 is 2. The van der Waals surface area contributed by atoms with Crippen molar-refractivity contribution in [2.45, 2.75) is 19.8 Å². The molecule has 1 saturated heterocycles. The van der Waals surface area contributed by atoms with Crippen molar-refractivity contribution in [3.05, 3.63) is 54.0 Å². The Morgan fingerprint density at radius 2 is 1.86 bits per heavy atom. The molecule has 3 heterocycles. The minimum Gasteiger partial charge on any atom is -0.497 e. The van der Waals surface area contributed by atoms with Gasteiger partial charge in [0.1, 0.15) is 5.75 Å². The van der Waals surface area contributed by atoms with Gasteiger partial charge in [0.25, 0.3) is 0 Å². The number of H-pyrrole nitrogens is 1. The van der Waals surface area contributed by atoms with E-state index >= 15 is 0 Å². The topological polar surface area (TPSA) is 78.0 Å². The van der Waals surface area contributed by atoms with Gasteiger partial charge in [0.05, 0.1) is 34.0 Å². The lowest BCUT2D eigenvalue weighted by Gasteiger charge is -2.27. The third kappa shape index (κ3) is 4.41. The molecule has 0 spiro atoms. The van der Waals surface area contributed by atoms with Crippen molar-refractivity contribution in [3.63, 3.8) is 0 Å². The lowest BCUT2D eigenvalue weighted by molar-refractivity contribution is 0.0534. The molecule has 0 atom stereocenters. The van der Waals surface area contributed by atoms with Crippen molar-refractivity contribution in [2.24, 2.45) is 0 Å². The van der Waals surface area contributed by atoms with E-state index in [4.69, 9.17) is 18.9 Å². The fraction of sp³-hybridized carbons (Fsp3) is 0.370. The number of aromatic nitrogens is 2. The van der Waals surface area contributed by atoms with Crippen LogP contribution < -0.4 is 14.2 Å². The Labute approximate surface area is 204 Å². The Hall–Kier alpha value is -3.65. The van der Waals surface area contributed by atoms with Gasteiger partial charge in [-0.3, -0.25) is 4.57 Å². The Morgan fingerprint density at radius 1 is 1.03 bits per heavy atom. The molecule has 2 aromatic heterocycles. The van der Waals surface area contributed by atoms with Gasteiger partial charge in [0, 0.05) is 52.9 Å². The second-order valence-electron chi connectivity index (χ2n) is 8.58. The zero-order valence-corrected chi connectivity index (χ0v) is 20.4. The monoisotopic (exact) mass is 477 g/mol. The molecule has 0 unspecified atom stereocenters. The number of carbonyl (C=O) groups is 1. The normalized spacial score (nSPS) is 14.0. The summed E-state index contributed by atoms with van der Waals surface area (Å²) in [6.07, 6.45) is 5.40. The summed E-state index contributed by atoms with van der Waals surface area (Å²) in [6, 6.07) is 9.94. The van der Waals surface area contributed by atoms with E-state index < -0.39 is 0 Å². The number of nitrogens with zero attached hydrogens (tertiary/aromatic N) is 2. The molecule has 5 rings (SSSR count). The molecule has 1 amide bonds. The summed E-state index contributed by atoms with van der Waals surface area (Å²) >= 11 is 0. The van der Waals surface area contributed by atoms with Crippen LogP contribution in [0.5, 0.6) is 17.2 Å². The highest BCUT2D eigenvalue weighted by Crippen LogP contribution is 2.36. The molecular weight excluding hydrogens is 446 g/mol. The minimum absolute atomic E-state index is 0.0305. The number of amides is 1. The first kappa shape index (κ1) is 23.1. The molecule has 2 aromatic carbocycles. The predicted molar refractivity (Wildman–Crippen MR) is 135 cm³/mol. The molecular formula is C27H31N3O5. The van der Waals surface area contributed by atoms with Gasteiger partial charge in [-0.1, -0.05) is 0 Å². The van der Waals surface area contributed by atoms with E-state index in [1.165, 1.54) is 5.56 Å². The van der Waals surface area contributed by atoms with Gasteiger partial charge in [0.15, 0.2) is 11.5 Å². The van der Waals surface area contributed by atoms with E-state index in [-0.39, 0.29) is 6.03 Å². The number of hydrogen-bond donors (Lipinski definition) is 1. The van der Waals surface area contributed by atoms with E-state index in [2.05, 4.69) is 11.1 Å². The number of hydrogen-bond acceptors (Lipinski definition) is 5. The zero-order chi connectivity index (χ0) is 24.4. The third-order valence-corrected chi connectivity index (χ3v) is 6.60. The molecule has 0 bridgehead atoms. The Morgan fingerprint density at radius 3 is 2.60 bits per heavy atom. The largest absolute Gasteiger partial charge is 0.497 e. The highest BCUT2D eigenvalue weighted by molar-refractivity contribution is 5.94. The number of morpholine rings is 1. The third-order valence-electron chi connectivity index (χ3n) is 6.60. The molecule has 1 N–H and O–H groups in total. The van der Waals surface area contributed by atoms with E-state index in [0.29, 0.717) is 50.8 Å². The molecule has 0 aliphatic carbocycles. The number of carbonyl (C=O) groups excluding carboxylic acids is 1. The summed E-state index contributed by atoms with van der Waals surface area (Å²) in [5.41, 5.74) is 3.20. The fourth-order valence-electron chi connectivity index (χ4n) is 4.78.